The predicted molar refractivity (Wildman–Crippen MR) is 74.7 cm³/mol. The number of nitrogens with zero attached hydrogens (tertiary/aromatic N) is 2. The van der Waals surface area contributed by atoms with Crippen molar-refractivity contribution < 1.29 is 18.7 Å². The zero-order chi connectivity index (χ0) is 15.1. The molecular weight excluding hydrogens is 278 g/mol. The van der Waals surface area contributed by atoms with E-state index in [1.165, 1.54) is 0 Å². The number of rotatable bonds is 2. The molecule has 2 aliphatic heterocycles. The molecule has 1 N–H and O–H groups in total. The number of carbonyl (C=O) groups is 1. The number of fused-ring (bicyclic) bond motifs is 2. The van der Waals surface area contributed by atoms with Gasteiger partial charge in [0.1, 0.15) is 17.3 Å². The summed E-state index contributed by atoms with van der Waals surface area (Å²) in [6, 6.07) is 2.57. The van der Waals surface area contributed by atoms with Gasteiger partial charge < -0.3 is 10.0 Å². The molecule has 6 heteroatoms. The zero-order valence-electron chi connectivity index (χ0n) is 11.9. The molecule has 2 heterocycles. The van der Waals surface area contributed by atoms with E-state index in [1.54, 1.807) is 4.90 Å². The average Bonchev–Trinajstić information content (AvgIpc) is 2.65. The lowest BCUT2D eigenvalue weighted by molar-refractivity contribution is 0.0695. The Hall–Kier alpha value is -1.69. The third-order valence-electron chi connectivity index (χ3n) is 4.73. The molecule has 2 atom stereocenters. The van der Waals surface area contributed by atoms with E-state index >= 15 is 0 Å². The molecule has 1 aromatic carbocycles. The van der Waals surface area contributed by atoms with E-state index in [-0.39, 0.29) is 11.3 Å². The molecule has 2 fully saturated rings. The molecule has 0 radical (unpaired) electrons. The standard InChI is InChI=1S/C15H18F2N2O2/c1-18-10-2-3-11(18)8-19(5-4-10)14-12(16)6-9(15(20)21)7-13(14)17/h6-7,10-11H,2-5,8H2,1H3,(H,20,21). The fraction of sp³-hybridized carbons (Fsp3) is 0.533. The van der Waals surface area contributed by atoms with Gasteiger partial charge in [0.25, 0.3) is 0 Å². The second-order valence-corrected chi connectivity index (χ2v) is 5.88. The summed E-state index contributed by atoms with van der Waals surface area (Å²) in [5.74, 6) is -2.92. The Labute approximate surface area is 122 Å². The van der Waals surface area contributed by atoms with Crippen molar-refractivity contribution in [3.8, 4) is 0 Å². The lowest BCUT2D eigenvalue weighted by atomic mass is 10.1. The highest BCUT2D eigenvalue weighted by molar-refractivity contribution is 5.88. The van der Waals surface area contributed by atoms with Crippen molar-refractivity contribution in [1.82, 2.24) is 4.90 Å². The summed E-state index contributed by atoms with van der Waals surface area (Å²) in [4.78, 5) is 14.9. The second-order valence-electron chi connectivity index (χ2n) is 5.88. The van der Waals surface area contributed by atoms with Gasteiger partial charge in [0.15, 0.2) is 0 Å². The fourth-order valence-corrected chi connectivity index (χ4v) is 3.50. The first-order valence-electron chi connectivity index (χ1n) is 7.16. The first-order valence-corrected chi connectivity index (χ1v) is 7.16. The molecule has 2 unspecified atom stereocenters. The molecule has 1 aromatic rings. The highest BCUT2D eigenvalue weighted by Crippen LogP contribution is 2.33. The summed E-state index contributed by atoms with van der Waals surface area (Å²) < 4.78 is 28.3. The van der Waals surface area contributed by atoms with Gasteiger partial charge in [0.05, 0.1) is 5.56 Å². The van der Waals surface area contributed by atoms with E-state index in [0.29, 0.717) is 25.2 Å². The maximum atomic E-state index is 14.2. The summed E-state index contributed by atoms with van der Waals surface area (Å²) in [6.45, 7) is 1.17. The van der Waals surface area contributed by atoms with Crippen molar-refractivity contribution in [2.24, 2.45) is 0 Å². The molecule has 0 amide bonds. The number of halogens is 2. The molecule has 0 aliphatic carbocycles. The van der Waals surface area contributed by atoms with Crippen LogP contribution in [0.3, 0.4) is 0 Å². The maximum absolute atomic E-state index is 14.2. The van der Waals surface area contributed by atoms with E-state index in [0.717, 1.165) is 31.4 Å². The van der Waals surface area contributed by atoms with Crippen LogP contribution in [0.4, 0.5) is 14.5 Å². The highest BCUT2D eigenvalue weighted by Gasteiger charge is 2.36. The summed E-state index contributed by atoms with van der Waals surface area (Å²) in [7, 11) is 2.06. The van der Waals surface area contributed by atoms with Crippen LogP contribution in [0, 0.1) is 11.6 Å². The van der Waals surface area contributed by atoms with Crippen LogP contribution in [-0.2, 0) is 0 Å². The predicted octanol–water partition coefficient (Wildman–Crippen LogP) is 2.34. The van der Waals surface area contributed by atoms with Gasteiger partial charge in [-0.3, -0.25) is 4.90 Å². The van der Waals surface area contributed by atoms with Gasteiger partial charge in [-0.2, -0.15) is 0 Å². The Bertz CT molecular complexity index is 556. The number of hydrogen-bond donors (Lipinski definition) is 1. The Morgan fingerprint density at radius 1 is 1.19 bits per heavy atom. The monoisotopic (exact) mass is 296 g/mol. The van der Waals surface area contributed by atoms with E-state index < -0.39 is 17.6 Å². The lowest BCUT2D eigenvalue weighted by Gasteiger charge is -2.28. The number of benzene rings is 1. The Balaban J connectivity index is 1.92. The topological polar surface area (TPSA) is 43.8 Å². The highest BCUT2D eigenvalue weighted by atomic mass is 19.1. The van der Waals surface area contributed by atoms with Gasteiger partial charge in [0.2, 0.25) is 0 Å². The molecule has 2 bridgehead atoms. The minimum atomic E-state index is -1.32. The summed E-state index contributed by atoms with van der Waals surface area (Å²) in [6.07, 6.45) is 3.04. The first-order chi connectivity index (χ1) is 9.97. The molecule has 114 valence electrons. The van der Waals surface area contributed by atoms with Crippen molar-refractivity contribution in [3.05, 3.63) is 29.3 Å². The minimum Gasteiger partial charge on any atom is -0.478 e. The van der Waals surface area contributed by atoms with Gasteiger partial charge in [-0.25, -0.2) is 13.6 Å². The normalized spacial score (nSPS) is 26.0. The number of carboxylic acid groups (broad SMARTS) is 1. The molecule has 0 spiro atoms. The number of hydrogen-bond acceptors (Lipinski definition) is 3. The summed E-state index contributed by atoms with van der Waals surface area (Å²) >= 11 is 0. The largest absolute Gasteiger partial charge is 0.478 e. The van der Waals surface area contributed by atoms with Crippen LogP contribution in [0.5, 0.6) is 0 Å². The quantitative estimate of drug-likeness (QED) is 0.910. The van der Waals surface area contributed by atoms with Crippen molar-refractivity contribution >= 4 is 11.7 Å². The number of likely N-dealkylation sites (N-methyl/N-ethyl adjacent to an activating group) is 1. The Morgan fingerprint density at radius 2 is 1.81 bits per heavy atom. The van der Waals surface area contributed by atoms with E-state index in [4.69, 9.17) is 5.11 Å². The third-order valence-corrected chi connectivity index (χ3v) is 4.73. The molecule has 3 rings (SSSR count). The van der Waals surface area contributed by atoms with Crippen LogP contribution in [0.1, 0.15) is 29.6 Å². The summed E-state index contributed by atoms with van der Waals surface area (Å²) in [5, 5.41) is 8.85. The fourth-order valence-electron chi connectivity index (χ4n) is 3.50. The van der Waals surface area contributed by atoms with Crippen molar-refractivity contribution in [2.75, 3.05) is 25.0 Å². The molecule has 2 saturated heterocycles. The van der Waals surface area contributed by atoms with Gasteiger partial charge in [-0.1, -0.05) is 0 Å². The third kappa shape index (κ3) is 2.48. The van der Waals surface area contributed by atoms with Crippen LogP contribution in [-0.4, -0.2) is 48.2 Å². The van der Waals surface area contributed by atoms with Gasteiger partial charge in [-0.15, -0.1) is 0 Å². The smallest absolute Gasteiger partial charge is 0.335 e. The van der Waals surface area contributed by atoms with Crippen molar-refractivity contribution in [1.29, 1.82) is 0 Å². The van der Waals surface area contributed by atoms with Gasteiger partial charge >= 0.3 is 5.97 Å². The molecule has 4 nitrogen and oxygen atoms in total. The Morgan fingerprint density at radius 3 is 2.43 bits per heavy atom. The SMILES string of the molecule is CN1C2CCC1CN(c1c(F)cc(C(=O)O)cc1F)CC2. The molecule has 0 saturated carbocycles. The van der Waals surface area contributed by atoms with Gasteiger partial charge in [0, 0.05) is 25.2 Å². The second kappa shape index (κ2) is 5.26. The van der Waals surface area contributed by atoms with Crippen LogP contribution < -0.4 is 4.90 Å². The molecule has 2 aliphatic rings. The number of aromatic carboxylic acids is 1. The van der Waals surface area contributed by atoms with Crippen LogP contribution >= 0.6 is 0 Å². The van der Waals surface area contributed by atoms with Gasteiger partial charge in [-0.05, 0) is 38.4 Å². The molecule has 0 aromatic heterocycles. The first kappa shape index (κ1) is 14.3. The van der Waals surface area contributed by atoms with Crippen molar-refractivity contribution in [2.45, 2.75) is 31.3 Å². The van der Waals surface area contributed by atoms with Crippen LogP contribution in [0.25, 0.3) is 0 Å². The van der Waals surface area contributed by atoms with Crippen LogP contribution in [0.15, 0.2) is 12.1 Å². The van der Waals surface area contributed by atoms with E-state index in [9.17, 15) is 13.6 Å². The molecule has 21 heavy (non-hydrogen) atoms. The summed E-state index contributed by atoms with van der Waals surface area (Å²) in [5.41, 5.74) is -0.455. The van der Waals surface area contributed by atoms with Crippen molar-refractivity contribution in [3.63, 3.8) is 0 Å². The number of carboxylic acids is 1. The zero-order valence-corrected chi connectivity index (χ0v) is 11.9. The minimum absolute atomic E-state index is 0.0963. The lowest BCUT2D eigenvalue weighted by Crippen LogP contribution is -2.37. The maximum Gasteiger partial charge on any atom is 0.335 e. The molecular formula is C15H18F2N2O2. The van der Waals surface area contributed by atoms with Crippen LogP contribution in [0.2, 0.25) is 0 Å². The number of anilines is 1. The Kier molecular flexibility index (Phi) is 3.57. The van der Waals surface area contributed by atoms with E-state index in [2.05, 4.69) is 11.9 Å². The average molecular weight is 296 g/mol. The van der Waals surface area contributed by atoms with E-state index in [1.807, 2.05) is 0 Å².